The second-order valence-corrected chi connectivity index (χ2v) is 5.95. The number of hydrogen-bond acceptors (Lipinski definition) is 2. The van der Waals surface area contributed by atoms with E-state index in [1.807, 2.05) is 25.1 Å². The summed E-state index contributed by atoms with van der Waals surface area (Å²) >= 11 is 3.36. The maximum Gasteiger partial charge on any atom is 0.307 e. The molecule has 0 aliphatic heterocycles. The maximum atomic E-state index is 12.2. The van der Waals surface area contributed by atoms with Crippen LogP contribution in [0, 0.1) is 17.8 Å². The van der Waals surface area contributed by atoms with Gasteiger partial charge in [0.15, 0.2) is 0 Å². The Morgan fingerprint density at radius 2 is 1.89 bits per heavy atom. The highest BCUT2D eigenvalue weighted by atomic mass is 79.9. The molecule has 0 saturated heterocycles. The monoisotopic (exact) mass is 325 g/mol. The minimum Gasteiger partial charge on any atom is -0.481 e. The Balaban J connectivity index is 2.11. The van der Waals surface area contributed by atoms with E-state index in [0.29, 0.717) is 18.5 Å². The van der Waals surface area contributed by atoms with Gasteiger partial charge in [0.25, 0.3) is 0 Å². The van der Waals surface area contributed by atoms with E-state index < -0.39 is 17.8 Å². The van der Waals surface area contributed by atoms with Crippen LogP contribution in [0.5, 0.6) is 0 Å². The van der Waals surface area contributed by atoms with Crippen molar-refractivity contribution < 1.29 is 14.7 Å². The van der Waals surface area contributed by atoms with Gasteiger partial charge in [-0.1, -0.05) is 19.1 Å². The molecule has 3 atom stereocenters. The molecule has 3 unspecified atom stereocenters. The zero-order chi connectivity index (χ0) is 14.0. The molecule has 1 saturated carbocycles. The smallest absolute Gasteiger partial charge is 0.307 e. The second kappa shape index (κ2) is 5.74. The lowest BCUT2D eigenvalue weighted by molar-refractivity contribution is -0.145. The van der Waals surface area contributed by atoms with Gasteiger partial charge >= 0.3 is 5.97 Å². The van der Waals surface area contributed by atoms with Gasteiger partial charge in [-0.2, -0.15) is 0 Å². The number of halogens is 1. The quantitative estimate of drug-likeness (QED) is 0.897. The predicted octanol–water partition coefficient (Wildman–Crippen LogP) is 3.13. The first kappa shape index (κ1) is 14.1. The third kappa shape index (κ3) is 3.15. The van der Waals surface area contributed by atoms with Gasteiger partial charge in [-0.25, -0.2) is 0 Å². The molecule has 0 heterocycles. The average Bonchev–Trinajstić information content (AvgIpc) is 2.74. The minimum absolute atomic E-state index is 0.205. The lowest BCUT2D eigenvalue weighted by Crippen LogP contribution is -2.30. The Morgan fingerprint density at radius 1 is 1.26 bits per heavy atom. The van der Waals surface area contributed by atoms with Crippen LogP contribution in [0.1, 0.15) is 19.8 Å². The zero-order valence-corrected chi connectivity index (χ0v) is 12.2. The van der Waals surface area contributed by atoms with Crippen LogP contribution in [-0.2, 0) is 9.59 Å². The van der Waals surface area contributed by atoms with Gasteiger partial charge in [0.1, 0.15) is 0 Å². The number of para-hydroxylation sites is 1. The fourth-order valence-corrected chi connectivity index (χ4v) is 3.03. The number of nitrogens with one attached hydrogen (secondary N) is 1. The molecule has 4 nitrogen and oxygen atoms in total. The molecule has 0 bridgehead atoms. The van der Waals surface area contributed by atoms with Crippen LogP contribution in [0.25, 0.3) is 0 Å². The van der Waals surface area contributed by atoms with Crippen molar-refractivity contribution in [2.45, 2.75) is 19.8 Å². The van der Waals surface area contributed by atoms with E-state index in [0.717, 1.165) is 4.47 Å². The van der Waals surface area contributed by atoms with Crippen LogP contribution in [0.3, 0.4) is 0 Å². The molecule has 19 heavy (non-hydrogen) atoms. The number of rotatable bonds is 3. The first-order valence-corrected chi connectivity index (χ1v) is 7.06. The number of benzene rings is 1. The minimum atomic E-state index is -0.878. The van der Waals surface area contributed by atoms with Crippen molar-refractivity contribution in [3.05, 3.63) is 28.7 Å². The highest BCUT2D eigenvalue weighted by Crippen LogP contribution is 2.37. The van der Waals surface area contributed by atoms with Crippen LogP contribution >= 0.6 is 15.9 Å². The predicted molar refractivity (Wildman–Crippen MR) is 75.8 cm³/mol. The summed E-state index contributed by atoms with van der Waals surface area (Å²) < 4.78 is 0.793. The topological polar surface area (TPSA) is 66.4 Å². The van der Waals surface area contributed by atoms with E-state index >= 15 is 0 Å². The van der Waals surface area contributed by atoms with Crippen LogP contribution in [0.4, 0.5) is 5.69 Å². The van der Waals surface area contributed by atoms with E-state index in [4.69, 9.17) is 0 Å². The van der Waals surface area contributed by atoms with E-state index in [-0.39, 0.29) is 11.8 Å². The van der Waals surface area contributed by atoms with Crippen molar-refractivity contribution in [2.24, 2.45) is 17.8 Å². The molecule has 0 spiro atoms. The molecule has 1 aliphatic rings. The van der Waals surface area contributed by atoms with Crippen LogP contribution in [0.2, 0.25) is 0 Å². The third-order valence-electron chi connectivity index (χ3n) is 3.58. The number of amides is 1. The van der Waals surface area contributed by atoms with E-state index in [1.54, 1.807) is 6.07 Å². The lowest BCUT2D eigenvalue weighted by Gasteiger charge is -2.16. The summed E-state index contributed by atoms with van der Waals surface area (Å²) in [5.74, 6) is -1.83. The SMILES string of the molecule is CC1CC(C(=O)O)C(C(=O)Nc2ccccc2Br)C1. The van der Waals surface area contributed by atoms with Crippen LogP contribution < -0.4 is 5.32 Å². The number of carboxylic acids is 1. The van der Waals surface area contributed by atoms with E-state index in [1.165, 1.54) is 0 Å². The molecular formula is C14H16BrNO3. The normalized spacial score (nSPS) is 26.1. The van der Waals surface area contributed by atoms with Crippen molar-refractivity contribution >= 4 is 33.5 Å². The molecule has 1 fully saturated rings. The molecule has 2 N–H and O–H groups in total. The van der Waals surface area contributed by atoms with Gasteiger partial charge in [0.2, 0.25) is 5.91 Å². The molecular weight excluding hydrogens is 310 g/mol. The molecule has 0 radical (unpaired) electrons. The van der Waals surface area contributed by atoms with Crippen LogP contribution in [-0.4, -0.2) is 17.0 Å². The number of anilines is 1. The van der Waals surface area contributed by atoms with Crippen LogP contribution in [0.15, 0.2) is 28.7 Å². The molecule has 1 amide bonds. The molecule has 5 heteroatoms. The van der Waals surface area contributed by atoms with Crippen molar-refractivity contribution in [1.29, 1.82) is 0 Å². The molecule has 102 valence electrons. The fourth-order valence-electron chi connectivity index (χ4n) is 2.64. The van der Waals surface area contributed by atoms with Gasteiger partial charge in [-0.05, 0) is 46.8 Å². The van der Waals surface area contributed by atoms with E-state index in [2.05, 4.69) is 21.2 Å². The van der Waals surface area contributed by atoms with Gasteiger partial charge in [-0.15, -0.1) is 0 Å². The van der Waals surface area contributed by atoms with Crippen molar-refractivity contribution in [3.8, 4) is 0 Å². The Bertz CT molecular complexity index is 503. The summed E-state index contributed by atoms with van der Waals surface area (Å²) in [7, 11) is 0. The molecule has 0 aromatic heterocycles. The highest BCUT2D eigenvalue weighted by Gasteiger charge is 2.41. The van der Waals surface area contributed by atoms with Crippen molar-refractivity contribution in [3.63, 3.8) is 0 Å². The Kier molecular flexibility index (Phi) is 4.24. The number of carboxylic acid groups (broad SMARTS) is 1. The fraction of sp³-hybridized carbons (Fsp3) is 0.429. The first-order valence-electron chi connectivity index (χ1n) is 6.27. The number of carbonyl (C=O) groups excluding carboxylic acids is 1. The first-order chi connectivity index (χ1) is 8.99. The largest absolute Gasteiger partial charge is 0.481 e. The van der Waals surface area contributed by atoms with E-state index in [9.17, 15) is 14.7 Å². The summed E-state index contributed by atoms with van der Waals surface area (Å²) in [5, 5.41) is 12.0. The standard InChI is InChI=1S/C14H16BrNO3/c1-8-6-9(10(7-8)14(18)19)13(17)16-12-5-3-2-4-11(12)15/h2-5,8-10H,6-7H2,1H3,(H,16,17)(H,18,19). The van der Waals surface area contributed by atoms with Crippen molar-refractivity contribution in [1.82, 2.24) is 0 Å². The maximum absolute atomic E-state index is 12.2. The molecule has 1 aliphatic carbocycles. The van der Waals surface area contributed by atoms with Gasteiger partial charge in [0.05, 0.1) is 17.5 Å². The lowest BCUT2D eigenvalue weighted by atomic mass is 9.95. The highest BCUT2D eigenvalue weighted by molar-refractivity contribution is 9.10. The Labute approximate surface area is 120 Å². The number of aliphatic carboxylic acids is 1. The summed E-state index contributed by atoms with van der Waals surface area (Å²) in [5.41, 5.74) is 0.677. The molecule has 1 aromatic carbocycles. The molecule has 1 aromatic rings. The summed E-state index contributed by atoms with van der Waals surface area (Å²) in [6, 6.07) is 7.31. The summed E-state index contributed by atoms with van der Waals surface area (Å²) in [6.45, 7) is 1.99. The zero-order valence-electron chi connectivity index (χ0n) is 10.6. The summed E-state index contributed by atoms with van der Waals surface area (Å²) in [4.78, 5) is 23.4. The summed E-state index contributed by atoms with van der Waals surface area (Å²) in [6.07, 6.45) is 1.20. The average molecular weight is 326 g/mol. The van der Waals surface area contributed by atoms with Gasteiger partial charge < -0.3 is 10.4 Å². The Morgan fingerprint density at radius 3 is 2.53 bits per heavy atom. The van der Waals surface area contributed by atoms with Gasteiger partial charge in [0, 0.05) is 4.47 Å². The Hall–Kier alpha value is -1.36. The van der Waals surface area contributed by atoms with Gasteiger partial charge in [-0.3, -0.25) is 9.59 Å². The second-order valence-electron chi connectivity index (χ2n) is 5.10. The van der Waals surface area contributed by atoms with Crippen molar-refractivity contribution in [2.75, 3.05) is 5.32 Å². The number of hydrogen-bond donors (Lipinski definition) is 2. The third-order valence-corrected chi connectivity index (χ3v) is 4.28. The molecule has 2 rings (SSSR count). The number of carbonyl (C=O) groups is 2.